The zero-order valence-corrected chi connectivity index (χ0v) is 27.9. The third-order valence-corrected chi connectivity index (χ3v) is 10.6. The van der Waals surface area contributed by atoms with Gasteiger partial charge in [-0.2, -0.15) is 0 Å². The Balaban J connectivity index is 1.30. The molecule has 0 radical (unpaired) electrons. The van der Waals surface area contributed by atoms with Crippen molar-refractivity contribution in [3.05, 3.63) is 65.5 Å². The van der Waals surface area contributed by atoms with Gasteiger partial charge in [-0.15, -0.1) is 10.2 Å². The van der Waals surface area contributed by atoms with E-state index in [2.05, 4.69) is 14.8 Å². The smallest absolute Gasteiger partial charge is 0.336 e. The lowest BCUT2D eigenvalue weighted by molar-refractivity contribution is -0.141. The molecule has 0 atom stereocenters. The molecule has 7 rings (SSSR count). The highest BCUT2D eigenvalue weighted by molar-refractivity contribution is 5.96. The largest absolute Gasteiger partial charge is 0.478 e. The molecule has 0 aliphatic heterocycles. The van der Waals surface area contributed by atoms with E-state index in [9.17, 15) is 19.5 Å². The third kappa shape index (κ3) is 7.23. The summed E-state index contributed by atoms with van der Waals surface area (Å²) < 4.78 is 14.1. The number of nitrogens with zero attached hydrogens (tertiary/aromatic N) is 4. The predicted molar refractivity (Wildman–Crippen MR) is 184 cm³/mol. The maximum atomic E-state index is 13.5. The van der Waals surface area contributed by atoms with Crippen molar-refractivity contribution in [3.63, 3.8) is 0 Å². The Morgan fingerprint density at radius 1 is 0.694 bits per heavy atom. The van der Waals surface area contributed by atoms with Gasteiger partial charge in [0.05, 0.1) is 17.4 Å². The highest BCUT2D eigenvalue weighted by Crippen LogP contribution is 2.39. The second-order valence-corrected chi connectivity index (χ2v) is 14.0. The molecule has 2 aromatic heterocycles. The van der Waals surface area contributed by atoms with Crippen molar-refractivity contribution < 1.29 is 29.0 Å². The lowest BCUT2D eigenvalue weighted by atomic mass is 9.88. The standard InChI is InChI=1S/C39H44N4O6/c44-37(45)31-19-11-10-18-30(31)26-22-20-25(21-23-26)24-43-33-32(40-34(43)27-12-4-1-5-13-27)35(48-38(46)28-14-6-2-7-15-28)41-42-36(33)49-39(47)29-16-8-3-9-17-29/h10-11,18-23,27-29H,1-9,12-17,24H2,(H,44,45). The van der Waals surface area contributed by atoms with E-state index in [1.165, 1.54) is 6.42 Å². The number of carbonyl (C=O) groups is 3. The summed E-state index contributed by atoms with van der Waals surface area (Å²) in [5, 5.41) is 18.5. The summed E-state index contributed by atoms with van der Waals surface area (Å²) in [4.78, 5) is 43.8. The number of fused-ring (bicyclic) bond motifs is 1. The van der Waals surface area contributed by atoms with Crippen molar-refractivity contribution in [1.82, 2.24) is 19.7 Å². The molecular weight excluding hydrogens is 620 g/mol. The number of rotatable bonds is 9. The molecule has 2 heterocycles. The van der Waals surface area contributed by atoms with E-state index in [0.29, 0.717) is 23.1 Å². The molecule has 0 bridgehead atoms. The summed E-state index contributed by atoms with van der Waals surface area (Å²) in [6.07, 6.45) is 14.7. The Kier molecular flexibility index (Phi) is 10.0. The van der Waals surface area contributed by atoms with Gasteiger partial charge in [-0.3, -0.25) is 9.59 Å². The Morgan fingerprint density at radius 2 is 1.24 bits per heavy atom. The van der Waals surface area contributed by atoms with Crippen molar-refractivity contribution in [1.29, 1.82) is 0 Å². The number of imidazole rings is 1. The lowest BCUT2D eigenvalue weighted by Crippen LogP contribution is -2.24. The van der Waals surface area contributed by atoms with Gasteiger partial charge < -0.3 is 19.1 Å². The fourth-order valence-corrected chi connectivity index (χ4v) is 7.92. The van der Waals surface area contributed by atoms with Crippen LogP contribution in [-0.2, 0) is 16.1 Å². The molecule has 10 heteroatoms. The quantitative estimate of drug-likeness (QED) is 0.176. The summed E-state index contributed by atoms with van der Waals surface area (Å²) in [6, 6.07) is 14.8. The first-order valence-corrected chi connectivity index (χ1v) is 18.1. The molecule has 3 fully saturated rings. The van der Waals surface area contributed by atoms with E-state index in [4.69, 9.17) is 14.5 Å². The first-order valence-electron chi connectivity index (χ1n) is 18.1. The third-order valence-electron chi connectivity index (χ3n) is 10.6. The number of esters is 2. The summed E-state index contributed by atoms with van der Waals surface area (Å²) in [5.74, 6) is -0.809. The zero-order valence-electron chi connectivity index (χ0n) is 27.9. The number of carboxylic acids is 1. The van der Waals surface area contributed by atoms with Crippen molar-refractivity contribution in [2.75, 3.05) is 0 Å². The minimum Gasteiger partial charge on any atom is -0.478 e. The van der Waals surface area contributed by atoms with Crippen LogP contribution in [0.5, 0.6) is 11.8 Å². The highest BCUT2D eigenvalue weighted by Gasteiger charge is 2.32. The SMILES string of the molecule is O=C(O)c1ccccc1-c1ccc(Cn2c(C3CCCCC3)nc3c(OC(=O)C4CCCCC4)nnc(OC(=O)C4CCCCC4)c32)cc1. The van der Waals surface area contributed by atoms with Crippen LogP contribution in [0.3, 0.4) is 0 Å². The fraction of sp³-hybridized carbons (Fsp3) is 0.487. The van der Waals surface area contributed by atoms with Gasteiger partial charge in [-0.1, -0.05) is 100 Å². The summed E-state index contributed by atoms with van der Waals surface area (Å²) in [5.41, 5.74) is 3.54. The maximum Gasteiger partial charge on any atom is 0.336 e. The number of hydrogen-bond donors (Lipinski definition) is 1. The van der Waals surface area contributed by atoms with Gasteiger partial charge in [-0.05, 0) is 61.3 Å². The summed E-state index contributed by atoms with van der Waals surface area (Å²) in [7, 11) is 0. The Labute approximate surface area is 286 Å². The minimum atomic E-state index is -0.974. The summed E-state index contributed by atoms with van der Waals surface area (Å²) in [6.45, 7) is 0.402. The normalized spacial score (nSPS) is 18.0. The average Bonchev–Trinajstić information content (AvgIpc) is 3.53. The van der Waals surface area contributed by atoms with Crippen LogP contribution in [-0.4, -0.2) is 42.8 Å². The molecule has 4 aromatic rings. The molecule has 0 spiro atoms. The van der Waals surface area contributed by atoms with Gasteiger partial charge >= 0.3 is 17.9 Å². The van der Waals surface area contributed by atoms with Crippen LogP contribution >= 0.6 is 0 Å². The van der Waals surface area contributed by atoms with Gasteiger partial charge in [0, 0.05) is 12.5 Å². The first kappa shape index (κ1) is 32.9. The van der Waals surface area contributed by atoms with E-state index in [-0.39, 0.29) is 47.0 Å². The Hall–Kier alpha value is -4.60. The maximum absolute atomic E-state index is 13.5. The van der Waals surface area contributed by atoms with Crippen molar-refractivity contribution >= 4 is 28.9 Å². The number of carboxylic acid groups (broad SMARTS) is 1. The molecule has 3 aliphatic carbocycles. The topological polar surface area (TPSA) is 134 Å². The average molecular weight is 665 g/mol. The molecule has 0 amide bonds. The summed E-state index contributed by atoms with van der Waals surface area (Å²) >= 11 is 0. The number of carbonyl (C=O) groups excluding carboxylic acids is 2. The van der Waals surface area contributed by atoms with Gasteiger partial charge in [0.25, 0.3) is 11.8 Å². The number of ether oxygens (including phenoxy) is 2. The van der Waals surface area contributed by atoms with E-state index >= 15 is 0 Å². The van der Waals surface area contributed by atoms with E-state index < -0.39 is 5.97 Å². The molecule has 0 unspecified atom stereocenters. The zero-order chi connectivity index (χ0) is 33.7. The first-order chi connectivity index (χ1) is 24.0. The monoisotopic (exact) mass is 664 g/mol. The number of benzene rings is 2. The fourth-order valence-electron chi connectivity index (χ4n) is 7.92. The number of hydrogen-bond acceptors (Lipinski definition) is 8. The van der Waals surface area contributed by atoms with Crippen LogP contribution < -0.4 is 9.47 Å². The second kappa shape index (κ2) is 14.9. The van der Waals surface area contributed by atoms with Crippen LogP contribution in [0.25, 0.3) is 22.2 Å². The molecule has 256 valence electrons. The van der Waals surface area contributed by atoms with Gasteiger partial charge in [0.15, 0.2) is 5.52 Å². The van der Waals surface area contributed by atoms with Crippen LogP contribution in [0.2, 0.25) is 0 Å². The molecule has 3 aliphatic rings. The van der Waals surface area contributed by atoms with E-state index in [0.717, 1.165) is 107 Å². The molecule has 2 aromatic carbocycles. The van der Waals surface area contributed by atoms with Crippen molar-refractivity contribution in [2.45, 2.75) is 109 Å². The number of aromatic nitrogens is 4. The predicted octanol–water partition coefficient (Wildman–Crippen LogP) is 8.26. The Bertz CT molecular complexity index is 1820. The Morgan fingerprint density at radius 3 is 1.86 bits per heavy atom. The van der Waals surface area contributed by atoms with Crippen molar-refractivity contribution in [3.8, 4) is 22.9 Å². The van der Waals surface area contributed by atoms with Gasteiger partial charge in [-0.25, -0.2) is 9.78 Å². The van der Waals surface area contributed by atoms with E-state index in [1.807, 2.05) is 36.4 Å². The van der Waals surface area contributed by atoms with Gasteiger partial charge in [0.1, 0.15) is 11.3 Å². The molecule has 0 saturated heterocycles. The van der Waals surface area contributed by atoms with Crippen molar-refractivity contribution in [2.24, 2.45) is 11.8 Å². The lowest BCUT2D eigenvalue weighted by Gasteiger charge is -2.23. The van der Waals surface area contributed by atoms with E-state index in [1.54, 1.807) is 12.1 Å². The van der Waals surface area contributed by atoms with Crippen LogP contribution in [0.15, 0.2) is 48.5 Å². The number of aromatic carboxylic acids is 1. The van der Waals surface area contributed by atoms with Gasteiger partial charge in [0.2, 0.25) is 0 Å². The molecular formula is C39H44N4O6. The minimum absolute atomic E-state index is 0.0551. The molecule has 10 nitrogen and oxygen atoms in total. The van der Waals surface area contributed by atoms with Crippen LogP contribution in [0.4, 0.5) is 0 Å². The molecule has 49 heavy (non-hydrogen) atoms. The van der Waals surface area contributed by atoms with Crippen LogP contribution in [0.1, 0.15) is 124 Å². The molecule has 1 N–H and O–H groups in total. The second-order valence-electron chi connectivity index (χ2n) is 14.0. The highest BCUT2D eigenvalue weighted by atomic mass is 16.6. The molecule has 3 saturated carbocycles. The van der Waals surface area contributed by atoms with Crippen LogP contribution in [0, 0.1) is 11.8 Å².